The third-order valence-electron chi connectivity index (χ3n) is 7.42. The standard InChI is InChI=1S/C27H36N6O2.2C2HF3O2/c1-27(2,3)35-26(34)33-16-14-32(15-17-33)22-12-6-11-21-25(22)31(4)23(30-21)18-29-20-10-5-8-19-9-7-13-28-24(19)20;2*3-2(4,5)1(6)7/h6-7,9,11-13,20,29H,5,8,10,14-18H2,1-4H3;2*(H,6,7). The third-order valence-corrected chi connectivity index (χ3v) is 7.42. The number of alkyl halides is 6. The number of para-hydroxylation sites is 1. The predicted molar refractivity (Wildman–Crippen MR) is 165 cm³/mol. The minimum atomic E-state index is -5.08. The molecular weight excluding hydrogens is 666 g/mol. The Balaban J connectivity index is 0.000000392. The van der Waals surface area contributed by atoms with Gasteiger partial charge in [-0.1, -0.05) is 12.1 Å². The maximum atomic E-state index is 12.5. The number of anilines is 1. The van der Waals surface area contributed by atoms with Crippen LogP contribution in [0.1, 0.15) is 56.7 Å². The van der Waals surface area contributed by atoms with Crippen molar-refractivity contribution in [3.8, 4) is 0 Å². The maximum absolute atomic E-state index is 12.5. The summed E-state index contributed by atoms with van der Waals surface area (Å²) in [4.78, 5) is 44.0. The molecule has 2 aliphatic rings. The summed E-state index contributed by atoms with van der Waals surface area (Å²) in [5, 5.41) is 18.0. The smallest absolute Gasteiger partial charge is 0.475 e. The van der Waals surface area contributed by atoms with Crippen LogP contribution in [0.3, 0.4) is 0 Å². The molecule has 1 aliphatic heterocycles. The third kappa shape index (κ3) is 11.0. The Morgan fingerprint density at radius 3 is 2.08 bits per heavy atom. The maximum Gasteiger partial charge on any atom is 0.490 e. The van der Waals surface area contributed by atoms with Crippen LogP contribution in [0.5, 0.6) is 0 Å². The number of carboxylic acids is 2. The average molecular weight is 705 g/mol. The highest BCUT2D eigenvalue weighted by Crippen LogP contribution is 2.30. The number of fused-ring (bicyclic) bond motifs is 2. The van der Waals surface area contributed by atoms with Crippen molar-refractivity contribution in [3.63, 3.8) is 0 Å². The van der Waals surface area contributed by atoms with Crippen molar-refractivity contribution in [2.75, 3.05) is 31.1 Å². The van der Waals surface area contributed by atoms with Crippen LogP contribution in [-0.4, -0.2) is 91.8 Å². The van der Waals surface area contributed by atoms with Crippen LogP contribution in [-0.2, 0) is 34.3 Å². The summed E-state index contributed by atoms with van der Waals surface area (Å²) in [5.41, 5.74) is 5.36. The fourth-order valence-electron chi connectivity index (χ4n) is 5.19. The number of carbonyl (C=O) groups is 3. The molecule has 3 N–H and O–H groups in total. The Hall–Kier alpha value is -4.61. The number of benzene rings is 1. The van der Waals surface area contributed by atoms with Crippen molar-refractivity contribution in [3.05, 3.63) is 53.6 Å². The number of aromatic nitrogens is 3. The number of amides is 1. The van der Waals surface area contributed by atoms with E-state index < -0.39 is 29.9 Å². The molecule has 18 heteroatoms. The highest BCUT2D eigenvalue weighted by molar-refractivity contribution is 5.90. The number of aryl methyl sites for hydroxylation is 2. The molecule has 1 aliphatic carbocycles. The van der Waals surface area contributed by atoms with Crippen LogP contribution < -0.4 is 10.2 Å². The number of hydrogen-bond donors (Lipinski definition) is 3. The van der Waals surface area contributed by atoms with Crippen LogP contribution in [0.4, 0.5) is 36.8 Å². The van der Waals surface area contributed by atoms with E-state index in [2.05, 4.69) is 51.1 Å². The molecule has 49 heavy (non-hydrogen) atoms. The molecule has 0 saturated carbocycles. The zero-order valence-corrected chi connectivity index (χ0v) is 27.2. The number of aliphatic carboxylic acids is 2. The summed E-state index contributed by atoms with van der Waals surface area (Å²) in [6.45, 7) is 9.22. The van der Waals surface area contributed by atoms with Gasteiger partial charge in [-0.05, 0) is 63.8 Å². The van der Waals surface area contributed by atoms with Crippen molar-refractivity contribution >= 4 is 34.8 Å². The van der Waals surface area contributed by atoms with Gasteiger partial charge in [0.2, 0.25) is 0 Å². The number of ether oxygens (including phenoxy) is 1. The lowest BCUT2D eigenvalue weighted by atomic mass is 9.92. The SMILES string of the molecule is Cn1c(CNC2CCCc3cccnc32)nc2cccc(N3CCN(C(=O)OC(C)(C)C)CC3)c21.O=C(O)C(F)(F)F.O=C(O)C(F)(F)F. The van der Waals surface area contributed by atoms with Gasteiger partial charge >= 0.3 is 30.4 Å². The van der Waals surface area contributed by atoms with E-state index >= 15 is 0 Å². The zero-order valence-electron chi connectivity index (χ0n) is 27.2. The molecular formula is C31H38F6N6O6. The van der Waals surface area contributed by atoms with Crippen molar-refractivity contribution in [1.29, 1.82) is 0 Å². The number of imidazole rings is 1. The van der Waals surface area contributed by atoms with Gasteiger partial charge in [-0.3, -0.25) is 4.98 Å². The number of nitrogens with zero attached hydrogens (tertiary/aromatic N) is 5. The molecule has 2 aromatic heterocycles. The minimum absolute atomic E-state index is 0.233. The molecule has 3 aromatic rings. The van der Waals surface area contributed by atoms with E-state index in [1.54, 1.807) is 4.90 Å². The van der Waals surface area contributed by atoms with Gasteiger partial charge in [-0.15, -0.1) is 0 Å². The van der Waals surface area contributed by atoms with Crippen LogP contribution in [0.15, 0.2) is 36.5 Å². The first-order valence-corrected chi connectivity index (χ1v) is 15.1. The van der Waals surface area contributed by atoms with E-state index in [1.165, 1.54) is 17.7 Å². The minimum Gasteiger partial charge on any atom is -0.475 e. The molecule has 3 heterocycles. The van der Waals surface area contributed by atoms with Gasteiger partial charge in [0.1, 0.15) is 11.4 Å². The normalized spacial score (nSPS) is 16.5. The molecule has 1 atom stereocenters. The quantitative estimate of drug-likeness (QED) is 0.299. The van der Waals surface area contributed by atoms with Gasteiger partial charge in [-0.25, -0.2) is 19.4 Å². The lowest BCUT2D eigenvalue weighted by Gasteiger charge is -2.37. The average Bonchev–Trinajstić information content (AvgIpc) is 3.34. The summed E-state index contributed by atoms with van der Waals surface area (Å²) in [6, 6.07) is 10.8. The fraction of sp³-hybridized carbons (Fsp3) is 0.516. The second-order valence-corrected chi connectivity index (χ2v) is 12.2. The van der Waals surface area contributed by atoms with Gasteiger partial charge in [0.15, 0.2) is 0 Å². The first kappa shape index (κ1) is 38.8. The Bertz CT molecular complexity index is 1590. The molecule has 0 radical (unpaired) electrons. The summed E-state index contributed by atoms with van der Waals surface area (Å²) in [7, 11) is 2.10. The number of hydrogen-bond acceptors (Lipinski definition) is 8. The molecule has 12 nitrogen and oxygen atoms in total. The Labute approximate surface area is 277 Å². The van der Waals surface area contributed by atoms with E-state index in [-0.39, 0.29) is 12.1 Å². The molecule has 1 saturated heterocycles. The van der Waals surface area contributed by atoms with Crippen LogP contribution in [0, 0.1) is 0 Å². The highest BCUT2D eigenvalue weighted by atomic mass is 19.4. The summed E-state index contributed by atoms with van der Waals surface area (Å²) in [6.07, 6.45) is -5.12. The number of carboxylic acid groups (broad SMARTS) is 2. The molecule has 5 rings (SSSR count). The molecule has 0 bridgehead atoms. The first-order valence-electron chi connectivity index (χ1n) is 15.1. The van der Waals surface area contributed by atoms with Gasteiger partial charge in [-0.2, -0.15) is 26.3 Å². The Morgan fingerprint density at radius 2 is 1.53 bits per heavy atom. The largest absolute Gasteiger partial charge is 0.490 e. The van der Waals surface area contributed by atoms with Gasteiger partial charge in [0.05, 0.1) is 35.0 Å². The second-order valence-electron chi connectivity index (χ2n) is 12.2. The van der Waals surface area contributed by atoms with E-state index in [1.807, 2.05) is 33.0 Å². The van der Waals surface area contributed by atoms with Crippen LogP contribution in [0.25, 0.3) is 11.0 Å². The van der Waals surface area contributed by atoms with E-state index in [9.17, 15) is 31.1 Å². The van der Waals surface area contributed by atoms with Gasteiger partial charge in [0.25, 0.3) is 0 Å². The molecule has 0 spiro atoms. The number of nitrogens with one attached hydrogen (secondary N) is 1. The highest BCUT2D eigenvalue weighted by Gasteiger charge is 2.39. The summed E-state index contributed by atoms with van der Waals surface area (Å²) < 4.78 is 71.2. The predicted octanol–water partition coefficient (Wildman–Crippen LogP) is 5.46. The zero-order chi connectivity index (χ0) is 36.7. The van der Waals surface area contributed by atoms with Crippen LogP contribution in [0.2, 0.25) is 0 Å². The van der Waals surface area contributed by atoms with E-state index in [4.69, 9.17) is 29.5 Å². The second kappa shape index (κ2) is 15.7. The van der Waals surface area contributed by atoms with Crippen LogP contribution >= 0.6 is 0 Å². The van der Waals surface area contributed by atoms with Crippen molar-refractivity contribution in [2.24, 2.45) is 7.05 Å². The number of rotatable bonds is 4. The van der Waals surface area contributed by atoms with Crippen molar-refractivity contribution < 1.29 is 55.7 Å². The summed E-state index contributed by atoms with van der Waals surface area (Å²) in [5.74, 6) is -4.50. The van der Waals surface area contributed by atoms with Crippen molar-refractivity contribution in [2.45, 2.75) is 70.6 Å². The Kier molecular flexibility index (Phi) is 12.5. The van der Waals surface area contributed by atoms with Gasteiger partial charge in [0, 0.05) is 39.4 Å². The molecule has 270 valence electrons. The molecule has 1 amide bonds. The number of pyridine rings is 1. The van der Waals surface area contributed by atoms with Gasteiger partial charge < -0.3 is 34.6 Å². The molecule has 1 unspecified atom stereocenters. The number of piperazine rings is 1. The summed E-state index contributed by atoms with van der Waals surface area (Å²) >= 11 is 0. The van der Waals surface area contributed by atoms with E-state index in [0.717, 1.165) is 48.5 Å². The topological polar surface area (TPSA) is 150 Å². The van der Waals surface area contributed by atoms with Crippen molar-refractivity contribution in [1.82, 2.24) is 24.8 Å². The monoisotopic (exact) mass is 704 g/mol. The lowest BCUT2D eigenvalue weighted by Crippen LogP contribution is -2.50. The molecule has 1 aromatic carbocycles. The number of halogens is 6. The lowest BCUT2D eigenvalue weighted by molar-refractivity contribution is -0.193. The Morgan fingerprint density at radius 1 is 0.939 bits per heavy atom. The first-order chi connectivity index (χ1) is 22.7. The number of carbonyl (C=O) groups excluding carboxylic acids is 1. The molecule has 1 fully saturated rings. The fourth-order valence-corrected chi connectivity index (χ4v) is 5.19. The van der Waals surface area contributed by atoms with E-state index in [0.29, 0.717) is 19.6 Å².